The number of aromatic nitrogens is 3. The molecule has 0 radical (unpaired) electrons. The van der Waals surface area contributed by atoms with Crippen LogP contribution in [0.3, 0.4) is 0 Å². The molecule has 0 aliphatic heterocycles. The van der Waals surface area contributed by atoms with Crippen LogP contribution in [0.4, 0.5) is 0 Å². The van der Waals surface area contributed by atoms with E-state index in [9.17, 15) is 0 Å². The van der Waals surface area contributed by atoms with Crippen molar-refractivity contribution in [3.05, 3.63) is 48.0 Å². The van der Waals surface area contributed by atoms with E-state index in [0.717, 1.165) is 18.7 Å². The van der Waals surface area contributed by atoms with Crippen molar-refractivity contribution in [2.75, 3.05) is 0 Å². The molecule has 0 bridgehead atoms. The fourth-order valence-corrected chi connectivity index (χ4v) is 2.67. The molecule has 1 heterocycles. The van der Waals surface area contributed by atoms with Crippen molar-refractivity contribution >= 4 is 0 Å². The van der Waals surface area contributed by atoms with Gasteiger partial charge in [0, 0.05) is 18.0 Å². The van der Waals surface area contributed by atoms with Gasteiger partial charge in [0.1, 0.15) is 12.2 Å². The first-order valence-corrected chi connectivity index (χ1v) is 7.29. The highest BCUT2D eigenvalue weighted by Gasteiger charge is 2.29. The van der Waals surface area contributed by atoms with Crippen LogP contribution in [0.1, 0.15) is 51.0 Å². The van der Waals surface area contributed by atoms with Gasteiger partial charge in [-0.25, -0.2) is 9.67 Å². The van der Waals surface area contributed by atoms with Gasteiger partial charge in [0.15, 0.2) is 0 Å². The van der Waals surface area contributed by atoms with E-state index in [4.69, 9.17) is 5.73 Å². The summed E-state index contributed by atoms with van der Waals surface area (Å²) in [5, 5.41) is 4.30. The summed E-state index contributed by atoms with van der Waals surface area (Å²) in [7, 11) is 0. The van der Waals surface area contributed by atoms with E-state index in [2.05, 4.69) is 43.0 Å². The lowest BCUT2D eigenvalue weighted by atomic mass is 9.83. The van der Waals surface area contributed by atoms with Gasteiger partial charge in [0.05, 0.1) is 0 Å². The topological polar surface area (TPSA) is 56.7 Å². The second kappa shape index (κ2) is 6.18. The molecule has 0 saturated carbocycles. The number of nitrogens with zero attached hydrogens (tertiary/aromatic N) is 3. The van der Waals surface area contributed by atoms with Crippen molar-refractivity contribution in [1.82, 2.24) is 14.8 Å². The van der Waals surface area contributed by atoms with E-state index in [-0.39, 0.29) is 5.54 Å². The second-order valence-electron chi connectivity index (χ2n) is 5.66. The number of hydrogen-bond donors (Lipinski definition) is 1. The summed E-state index contributed by atoms with van der Waals surface area (Å²) in [5.74, 6) is 0.958. The Bertz CT molecular complexity index is 532. The van der Waals surface area contributed by atoms with E-state index in [1.807, 2.05) is 22.9 Å². The van der Waals surface area contributed by atoms with Crippen LogP contribution in [-0.4, -0.2) is 14.8 Å². The number of rotatable bonds is 6. The summed E-state index contributed by atoms with van der Waals surface area (Å²) in [4.78, 5) is 4.40. The van der Waals surface area contributed by atoms with Gasteiger partial charge in [-0.1, -0.05) is 43.7 Å². The molecule has 2 N–H and O–H groups in total. The lowest BCUT2D eigenvalue weighted by Gasteiger charge is -2.30. The molecule has 4 heteroatoms. The van der Waals surface area contributed by atoms with Crippen molar-refractivity contribution in [3.8, 4) is 0 Å². The summed E-state index contributed by atoms with van der Waals surface area (Å²) in [6.07, 6.45) is 4.30. The highest BCUT2D eigenvalue weighted by Crippen LogP contribution is 2.28. The van der Waals surface area contributed by atoms with Gasteiger partial charge in [-0.05, 0) is 25.8 Å². The average Bonchev–Trinajstić information content (AvgIpc) is 2.88. The van der Waals surface area contributed by atoms with E-state index in [1.54, 1.807) is 6.33 Å². The Morgan fingerprint density at radius 1 is 1.25 bits per heavy atom. The molecule has 4 nitrogen and oxygen atoms in total. The number of benzene rings is 1. The van der Waals surface area contributed by atoms with Crippen LogP contribution >= 0.6 is 0 Å². The van der Waals surface area contributed by atoms with E-state index in [1.165, 1.54) is 5.56 Å². The molecule has 1 unspecified atom stereocenters. The first-order chi connectivity index (χ1) is 9.57. The van der Waals surface area contributed by atoms with Crippen LogP contribution in [0.2, 0.25) is 0 Å². The van der Waals surface area contributed by atoms with Crippen LogP contribution in [-0.2, 0) is 12.0 Å². The van der Waals surface area contributed by atoms with Gasteiger partial charge in [0.2, 0.25) is 0 Å². The Kier molecular flexibility index (Phi) is 4.55. The molecule has 2 aromatic rings. The third-order valence-corrected chi connectivity index (χ3v) is 3.65. The van der Waals surface area contributed by atoms with Crippen molar-refractivity contribution in [2.45, 2.75) is 51.6 Å². The third kappa shape index (κ3) is 3.07. The zero-order chi connectivity index (χ0) is 14.6. The monoisotopic (exact) mass is 272 g/mol. The second-order valence-corrected chi connectivity index (χ2v) is 5.66. The predicted molar refractivity (Wildman–Crippen MR) is 81.3 cm³/mol. The fraction of sp³-hybridized carbons (Fsp3) is 0.500. The molecule has 0 amide bonds. The summed E-state index contributed by atoms with van der Waals surface area (Å²) < 4.78 is 1.96. The SMILES string of the molecule is CCCC(N)(Cc1ncnn1C(C)C)c1ccccc1. The van der Waals surface area contributed by atoms with Gasteiger partial charge in [0.25, 0.3) is 0 Å². The first kappa shape index (κ1) is 14.7. The van der Waals surface area contributed by atoms with Crippen molar-refractivity contribution in [1.29, 1.82) is 0 Å². The molecular formula is C16H24N4. The maximum Gasteiger partial charge on any atom is 0.138 e. The number of hydrogen-bond acceptors (Lipinski definition) is 3. The summed E-state index contributed by atoms with van der Waals surface area (Å²) >= 11 is 0. The molecule has 0 fully saturated rings. The van der Waals surface area contributed by atoms with Gasteiger partial charge in [-0.3, -0.25) is 0 Å². The Hall–Kier alpha value is -1.68. The van der Waals surface area contributed by atoms with Crippen molar-refractivity contribution in [2.24, 2.45) is 5.73 Å². The lowest BCUT2D eigenvalue weighted by Crippen LogP contribution is -2.40. The zero-order valence-electron chi connectivity index (χ0n) is 12.6. The highest BCUT2D eigenvalue weighted by atomic mass is 15.3. The molecule has 2 rings (SSSR count). The Balaban J connectivity index is 2.32. The quantitative estimate of drug-likeness (QED) is 0.879. The molecule has 0 aliphatic carbocycles. The number of nitrogens with two attached hydrogens (primary N) is 1. The minimum Gasteiger partial charge on any atom is -0.321 e. The van der Waals surface area contributed by atoms with Crippen LogP contribution in [0.25, 0.3) is 0 Å². The molecule has 1 aromatic heterocycles. The van der Waals surface area contributed by atoms with Crippen LogP contribution in [0.5, 0.6) is 0 Å². The standard InChI is InChI=1S/C16H24N4/c1-4-10-16(17,14-8-6-5-7-9-14)11-15-18-12-19-20(15)13(2)3/h5-9,12-13H,4,10-11,17H2,1-3H3. The van der Waals surface area contributed by atoms with Gasteiger partial charge >= 0.3 is 0 Å². The van der Waals surface area contributed by atoms with Crippen LogP contribution < -0.4 is 5.73 Å². The molecule has 0 spiro atoms. The van der Waals surface area contributed by atoms with Gasteiger partial charge in [-0.15, -0.1) is 0 Å². The van der Waals surface area contributed by atoms with Crippen LogP contribution in [0.15, 0.2) is 36.7 Å². The Morgan fingerprint density at radius 2 is 1.95 bits per heavy atom. The molecular weight excluding hydrogens is 248 g/mol. The minimum absolute atomic E-state index is 0.300. The fourth-order valence-electron chi connectivity index (χ4n) is 2.67. The summed E-state index contributed by atoms with van der Waals surface area (Å²) in [5.41, 5.74) is 7.50. The molecule has 108 valence electrons. The Morgan fingerprint density at radius 3 is 2.55 bits per heavy atom. The predicted octanol–water partition coefficient (Wildman–Crippen LogP) is 3.06. The first-order valence-electron chi connectivity index (χ1n) is 7.29. The largest absolute Gasteiger partial charge is 0.321 e. The maximum absolute atomic E-state index is 6.71. The van der Waals surface area contributed by atoms with Gasteiger partial charge < -0.3 is 5.73 Å². The third-order valence-electron chi connectivity index (χ3n) is 3.65. The molecule has 20 heavy (non-hydrogen) atoms. The highest BCUT2D eigenvalue weighted by molar-refractivity contribution is 5.25. The van der Waals surface area contributed by atoms with Crippen LogP contribution in [0, 0.1) is 0 Å². The maximum atomic E-state index is 6.71. The zero-order valence-corrected chi connectivity index (χ0v) is 12.6. The lowest BCUT2D eigenvalue weighted by molar-refractivity contribution is 0.374. The van der Waals surface area contributed by atoms with E-state index in [0.29, 0.717) is 12.5 Å². The normalized spacial score (nSPS) is 14.4. The van der Waals surface area contributed by atoms with E-state index < -0.39 is 0 Å². The molecule has 0 aliphatic rings. The molecule has 0 saturated heterocycles. The van der Waals surface area contributed by atoms with Gasteiger partial charge in [-0.2, -0.15) is 5.10 Å². The van der Waals surface area contributed by atoms with Crippen molar-refractivity contribution in [3.63, 3.8) is 0 Å². The van der Waals surface area contributed by atoms with E-state index >= 15 is 0 Å². The van der Waals surface area contributed by atoms with Crippen molar-refractivity contribution < 1.29 is 0 Å². The minimum atomic E-state index is -0.379. The molecule has 1 aromatic carbocycles. The Labute approximate surface area is 121 Å². The average molecular weight is 272 g/mol. The molecule has 1 atom stereocenters. The smallest absolute Gasteiger partial charge is 0.138 e. The summed E-state index contributed by atoms with van der Waals surface area (Å²) in [6, 6.07) is 10.6. The summed E-state index contributed by atoms with van der Waals surface area (Å²) in [6.45, 7) is 6.38.